The van der Waals surface area contributed by atoms with E-state index in [0.29, 0.717) is 16.9 Å². The number of carboxylic acid groups (broad SMARTS) is 1. The number of hydrogen-bond acceptors (Lipinski definition) is 3. The Kier molecular flexibility index (Phi) is 7.25. The summed E-state index contributed by atoms with van der Waals surface area (Å²) in [5.74, 6) is -0.461. The zero-order valence-electron chi connectivity index (χ0n) is 12.4. The quantitative estimate of drug-likeness (QED) is 0.713. The van der Waals surface area contributed by atoms with Crippen molar-refractivity contribution in [1.82, 2.24) is 5.32 Å². The standard InChI is InChI=1S/C15H20BrNO3S/c1-9(2)6-7-17-14(18)10(3)21-11-4-5-13(16)12(8-11)15(19)20/h4-5,8-10H,6-7H2,1-3H3,(H,17,18)(H,19,20). The number of carbonyl (C=O) groups excluding carboxylic acids is 1. The Morgan fingerprint density at radius 3 is 2.57 bits per heavy atom. The minimum atomic E-state index is -0.988. The fraction of sp³-hybridized carbons (Fsp3) is 0.467. The molecular weight excluding hydrogens is 354 g/mol. The minimum Gasteiger partial charge on any atom is -0.478 e. The Morgan fingerprint density at radius 2 is 2.00 bits per heavy atom. The molecular formula is C15H20BrNO3S. The Morgan fingerprint density at radius 1 is 1.33 bits per heavy atom. The van der Waals surface area contributed by atoms with Crippen LogP contribution in [0.15, 0.2) is 27.6 Å². The molecule has 0 saturated carbocycles. The van der Waals surface area contributed by atoms with Gasteiger partial charge in [-0.1, -0.05) is 13.8 Å². The number of thioether (sulfide) groups is 1. The molecule has 0 aromatic heterocycles. The molecule has 0 aliphatic rings. The lowest BCUT2D eigenvalue weighted by atomic mass is 10.1. The number of benzene rings is 1. The number of carboxylic acids is 1. The molecule has 1 aromatic carbocycles. The largest absolute Gasteiger partial charge is 0.478 e. The van der Waals surface area contributed by atoms with Gasteiger partial charge in [0, 0.05) is 15.9 Å². The van der Waals surface area contributed by atoms with Crippen LogP contribution in [0.2, 0.25) is 0 Å². The van der Waals surface area contributed by atoms with Crippen LogP contribution in [0.5, 0.6) is 0 Å². The maximum atomic E-state index is 12.0. The lowest BCUT2D eigenvalue weighted by Gasteiger charge is -2.13. The number of carbonyl (C=O) groups is 2. The number of nitrogens with one attached hydrogen (secondary N) is 1. The van der Waals surface area contributed by atoms with Crippen LogP contribution in [0.1, 0.15) is 37.6 Å². The number of rotatable bonds is 7. The molecule has 0 spiro atoms. The van der Waals surface area contributed by atoms with Crippen molar-refractivity contribution in [2.24, 2.45) is 5.92 Å². The molecule has 6 heteroatoms. The lowest BCUT2D eigenvalue weighted by Crippen LogP contribution is -2.32. The molecule has 0 radical (unpaired) electrons. The van der Waals surface area contributed by atoms with Gasteiger partial charge in [0.05, 0.1) is 10.8 Å². The highest BCUT2D eigenvalue weighted by molar-refractivity contribution is 9.10. The number of hydrogen-bond donors (Lipinski definition) is 2. The molecule has 4 nitrogen and oxygen atoms in total. The van der Waals surface area contributed by atoms with Gasteiger partial charge >= 0.3 is 5.97 Å². The first kappa shape index (κ1) is 18.0. The smallest absolute Gasteiger partial charge is 0.336 e. The summed E-state index contributed by atoms with van der Waals surface area (Å²) >= 11 is 4.56. The summed E-state index contributed by atoms with van der Waals surface area (Å²) in [5, 5.41) is 11.7. The zero-order chi connectivity index (χ0) is 16.0. The predicted octanol–water partition coefficient (Wildman–Crippen LogP) is 3.79. The van der Waals surface area contributed by atoms with E-state index in [1.807, 2.05) is 6.92 Å². The maximum Gasteiger partial charge on any atom is 0.336 e. The van der Waals surface area contributed by atoms with Crippen molar-refractivity contribution in [2.75, 3.05) is 6.54 Å². The van der Waals surface area contributed by atoms with Gasteiger partial charge in [-0.2, -0.15) is 0 Å². The van der Waals surface area contributed by atoms with Gasteiger partial charge in [0.1, 0.15) is 0 Å². The van der Waals surface area contributed by atoms with Crippen molar-refractivity contribution in [1.29, 1.82) is 0 Å². The van der Waals surface area contributed by atoms with E-state index in [1.54, 1.807) is 18.2 Å². The average Bonchev–Trinajstić information content (AvgIpc) is 2.40. The highest BCUT2D eigenvalue weighted by Gasteiger charge is 2.16. The normalized spacial score (nSPS) is 12.2. The average molecular weight is 374 g/mol. The monoisotopic (exact) mass is 373 g/mol. The molecule has 21 heavy (non-hydrogen) atoms. The Hall–Kier alpha value is -1.01. The summed E-state index contributed by atoms with van der Waals surface area (Å²) in [7, 11) is 0. The highest BCUT2D eigenvalue weighted by atomic mass is 79.9. The third kappa shape index (κ3) is 6.09. The topological polar surface area (TPSA) is 66.4 Å². The second-order valence-corrected chi connectivity index (χ2v) is 7.45. The van der Waals surface area contributed by atoms with E-state index in [0.717, 1.165) is 11.3 Å². The fourth-order valence-corrected chi connectivity index (χ4v) is 2.97. The van der Waals surface area contributed by atoms with Gasteiger partial charge in [0.25, 0.3) is 0 Å². The van der Waals surface area contributed by atoms with Crippen molar-refractivity contribution in [3.05, 3.63) is 28.2 Å². The molecule has 0 saturated heterocycles. The third-order valence-corrected chi connectivity index (χ3v) is 4.66. The van der Waals surface area contributed by atoms with Gasteiger partial charge in [-0.15, -0.1) is 11.8 Å². The van der Waals surface area contributed by atoms with Gasteiger partial charge in [0.2, 0.25) is 5.91 Å². The van der Waals surface area contributed by atoms with Gasteiger partial charge in [0.15, 0.2) is 0 Å². The molecule has 116 valence electrons. The van der Waals surface area contributed by atoms with Crippen molar-refractivity contribution in [3.63, 3.8) is 0 Å². The molecule has 1 rings (SSSR count). The van der Waals surface area contributed by atoms with Gasteiger partial charge in [-0.05, 0) is 53.4 Å². The van der Waals surface area contributed by atoms with Crippen LogP contribution in [-0.2, 0) is 4.79 Å². The molecule has 0 aliphatic heterocycles. The summed E-state index contributed by atoms with van der Waals surface area (Å²) in [6.07, 6.45) is 0.949. The van der Waals surface area contributed by atoms with E-state index in [9.17, 15) is 9.59 Å². The Labute approximate surface area is 137 Å². The van der Waals surface area contributed by atoms with Crippen molar-refractivity contribution in [2.45, 2.75) is 37.3 Å². The van der Waals surface area contributed by atoms with E-state index >= 15 is 0 Å². The van der Waals surface area contributed by atoms with Crippen LogP contribution in [0.4, 0.5) is 0 Å². The SMILES string of the molecule is CC(C)CCNC(=O)C(C)Sc1ccc(Br)c(C(=O)O)c1. The van der Waals surface area contributed by atoms with Gasteiger partial charge in [-0.3, -0.25) is 4.79 Å². The van der Waals surface area contributed by atoms with Crippen LogP contribution in [0, 0.1) is 5.92 Å². The minimum absolute atomic E-state index is 0.0274. The maximum absolute atomic E-state index is 12.0. The summed E-state index contributed by atoms with van der Waals surface area (Å²) in [6.45, 7) is 6.71. The van der Waals surface area contributed by atoms with Crippen molar-refractivity contribution < 1.29 is 14.7 Å². The molecule has 2 N–H and O–H groups in total. The summed E-state index contributed by atoms with van der Waals surface area (Å²) in [6, 6.07) is 5.07. The Bertz CT molecular complexity index is 520. The summed E-state index contributed by atoms with van der Waals surface area (Å²) in [5.41, 5.74) is 0.201. The zero-order valence-corrected chi connectivity index (χ0v) is 14.8. The van der Waals surface area contributed by atoms with E-state index < -0.39 is 5.97 Å². The Balaban J connectivity index is 2.62. The van der Waals surface area contributed by atoms with E-state index in [2.05, 4.69) is 35.1 Å². The van der Waals surface area contributed by atoms with Crippen LogP contribution >= 0.6 is 27.7 Å². The van der Waals surface area contributed by atoms with Crippen LogP contribution < -0.4 is 5.32 Å². The van der Waals surface area contributed by atoms with E-state index in [1.165, 1.54) is 11.8 Å². The number of aromatic carboxylic acids is 1. The van der Waals surface area contributed by atoms with Crippen LogP contribution in [0.25, 0.3) is 0 Å². The van der Waals surface area contributed by atoms with E-state index in [4.69, 9.17) is 5.11 Å². The molecule has 1 amide bonds. The highest BCUT2D eigenvalue weighted by Crippen LogP contribution is 2.28. The van der Waals surface area contributed by atoms with Crippen molar-refractivity contribution in [3.8, 4) is 0 Å². The van der Waals surface area contributed by atoms with Crippen molar-refractivity contribution >= 4 is 39.6 Å². The first-order valence-corrected chi connectivity index (χ1v) is 8.45. The molecule has 0 heterocycles. The van der Waals surface area contributed by atoms with Crippen LogP contribution in [0.3, 0.4) is 0 Å². The molecule has 1 atom stereocenters. The van der Waals surface area contributed by atoms with Crippen LogP contribution in [-0.4, -0.2) is 28.8 Å². The van der Waals surface area contributed by atoms with E-state index in [-0.39, 0.29) is 16.7 Å². The second-order valence-electron chi connectivity index (χ2n) is 5.18. The molecule has 0 aliphatic carbocycles. The molecule has 0 bridgehead atoms. The van der Waals surface area contributed by atoms with Gasteiger partial charge in [-0.25, -0.2) is 4.79 Å². The molecule has 1 unspecified atom stereocenters. The predicted molar refractivity (Wildman–Crippen MR) is 88.9 cm³/mol. The van der Waals surface area contributed by atoms with Gasteiger partial charge < -0.3 is 10.4 Å². The second kappa shape index (κ2) is 8.44. The molecule has 1 aromatic rings. The third-order valence-electron chi connectivity index (χ3n) is 2.87. The molecule has 0 fully saturated rings. The first-order chi connectivity index (χ1) is 9.81. The summed E-state index contributed by atoms with van der Waals surface area (Å²) in [4.78, 5) is 23.8. The fourth-order valence-electron chi connectivity index (χ4n) is 1.63. The number of amides is 1. The first-order valence-electron chi connectivity index (χ1n) is 6.78. The lowest BCUT2D eigenvalue weighted by molar-refractivity contribution is -0.120. The summed E-state index contributed by atoms with van der Waals surface area (Å²) < 4.78 is 0.536. The number of halogens is 1.